The van der Waals surface area contributed by atoms with Crippen molar-refractivity contribution in [3.05, 3.63) is 47.8 Å². The van der Waals surface area contributed by atoms with Gasteiger partial charge in [0, 0.05) is 25.5 Å². The van der Waals surface area contributed by atoms with Crippen LogP contribution in [0.15, 0.2) is 36.7 Å². The van der Waals surface area contributed by atoms with Crippen molar-refractivity contribution in [1.82, 2.24) is 14.9 Å². The molecule has 10 heteroatoms. The molecule has 144 valence electrons. The molecular formula is C17H17F3N4O3. The van der Waals surface area contributed by atoms with Gasteiger partial charge in [-0.25, -0.2) is 9.97 Å². The van der Waals surface area contributed by atoms with Crippen LogP contribution in [0.1, 0.15) is 22.3 Å². The first-order valence-corrected chi connectivity index (χ1v) is 8.18. The fraction of sp³-hybridized carbons (Fsp3) is 0.353. The first-order valence-electron chi connectivity index (χ1n) is 8.18. The standard InChI is InChI=1S/C17H17F3N4O3/c18-17(19,20)27-14-4-1-3-12(7-14)8-21-16-22-9-13(10-23-16)15(25)24-5-2-6-26-11-24/h1,3-4,7,9-10H,2,5-6,8,11H2,(H,21,22,23). The number of carbonyl (C=O) groups excluding carboxylic acids is 1. The Labute approximate surface area is 153 Å². The Bertz CT molecular complexity index is 778. The summed E-state index contributed by atoms with van der Waals surface area (Å²) in [5, 5.41) is 2.89. The monoisotopic (exact) mass is 382 g/mol. The molecule has 1 saturated heterocycles. The highest BCUT2D eigenvalue weighted by atomic mass is 19.4. The molecule has 2 heterocycles. The Balaban J connectivity index is 1.57. The van der Waals surface area contributed by atoms with E-state index in [9.17, 15) is 18.0 Å². The van der Waals surface area contributed by atoms with Crippen LogP contribution in [0.5, 0.6) is 5.75 Å². The van der Waals surface area contributed by atoms with Crippen molar-refractivity contribution in [2.24, 2.45) is 0 Å². The van der Waals surface area contributed by atoms with Crippen molar-refractivity contribution in [2.75, 3.05) is 25.2 Å². The Hall–Kier alpha value is -2.88. The summed E-state index contributed by atoms with van der Waals surface area (Å²) in [5.74, 6) is -0.255. The number of nitrogens with zero attached hydrogens (tertiary/aromatic N) is 3. The van der Waals surface area contributed by atoms with E-state index in [1.165, 1.54) is 30.6 Å². The second kappa shape index (κ2) is 8.21. The van der Waals surface area contributed by atoms with Gasteiger partial charge in [-0.2, -0.15) is 0 Å². The molecule has 0 unspecified atom stereocenters. The molecule has 0 spiro atoms. The number of aromatic nitrogens is 2. The van der Waals surface area contributed by atoms with Gasteiger partial charge < -0.3 is 19.7 Å². The molecule has 0 saturated carbocycles. The largest absolute Gasteiger partial charge is 0.573 e. The van der Waals surface area contributed by atoms with Gasteiger partial charge in [-0.3, -0.25) is 4.79 Å². The van der Waals surface area contributed by atoms with Gasteiger partial charge in [0.05, 0.1) is 12.2 Å². The fourth-order valence-electron chi connectivity index (χ4n) is 2.50. The van der Waals surface area contributed by atoms with E-state index in [0.717, 1.165) is 6.42 Å². The predicted octanol–water partition coefficient (Wildman–Crippen LogP) is 2.81. The van der Waals surface area contributed by atoms with Gasteiger partial charge in [-0.15, -0.1) is 13.2 Å². The number of halogens is 3. The van der Waals surface area contributed by atoms with Crippen molar-refractivity contribution in [3.8, 4) is 5.75 Å². The van der Waals surface area contributed by atoms with Gasteiger partial charge in [0.2, 0.25) is 5.95 Å². The number of ether oxygens (including phenoxy) is 2. The third kappa shape index (κ3) is 5.55. The lowest BCUT2D eigenvalue weighted by Gasteiger charge is -2.26. The van der Waals surface area contributed by atoms with E-state index in [4.69, 9.17) is 4.74 Å². The molecule has 1 N–H and O–H groups in total. The molecule has 0 aliphatic carbocycles. The second-order valence-corrected chi connectivity index (χ2v) is 5.80. The molecule has 7 nitrogen and oxygen atoms in total. The van der Waals surface area contributed by atoms with Crippen LogP contribution in [-0.4, -0.2) is 47.0 Å². The van der Waals surface area contributed by atoms with E-state index < -0.39 is 6.36 Å². The SMILES string of the molecule is O=C(c1cnc(NCc2cccc(OC(F)(F)F)c2)nc1)N1CCCOC1. The molecule has 1 amide bonds. The molecule has 3 rings (SSSR count). The summed E-state index contributed by atoms with van der Waals surface area (Å²) in [6, 6.07) is 5.60. The van der Waals surface area contributed by atoms with Crippen molar-refractivity contribution in [2.45, 2.75) is 19.3 Å². The number of amides is 1. The minimum Gasteiger partial charge on any atom is -0.406 e. The topological polar surface area (TPSA) is 76.6 Å². The molecule has 0 bridgehead atoms. The summed E-state index contributed by atoms with van der Waals surface area (Å²) < 4.78 is 45.9. The zero-order valence-corrected chi connectivity index (χ0v) is 14.2. The molecule has 0 atom stereocenters. The lowest BCUT2D eigenvalue weighted by molar-refractivity contribution is -0.274. The zero-order valence-electron chi connectivity index (χ0n) is 14.2. The molecule has 1 aliphatic heterocycles. The van der Waals surface area contributed by atoms with E-state index in [0.29, 0.717) is 24.3 Å². The van der Waals surface area contributed by atoms with Crippen molar-refractivity contribution in [3.63, 3.8) is 0 Å². The predicted molar refractivity (Wildman–Crippen MR) is 89.0 cm³/mol. The lowest BCUT2D eigenvalue weighted by atomic mass is 10.2. The van der Waals surface area contributed by atoms with Gasteiger partial charge in [0.15, 0.2) is 0 Å². The fourth-order valence-corrected chi connectivity index (χ4v) is 2.50. The third-order valence-corrected chi connectivity index (χ3v) is 3.73. The molecule has 1 fully saturated rings. The zero-order chi connectivity index (χ0) is 19.3. The highest BCUT2D eigenvalue weighted by Crippen LogP contribution is 2.23. The minimum absolute atomic E-state index is 0.197. The number of hydrogen-bond donors (Lipinski definition) is 1. The first-order chi connectivity index (χ1) is 12.9. The van der Waals surface area contributed by atoms with Crippen LogP contribution >= 0.6 is 0 Å². The van der Waals surface area contributed by atoms with E-state index in [1.54, 1.807) is 11.0 Å². The quantitative estimate of drug-likeness (QED) is 0.857. The Morgan fingerprint density at radius 2 is 2.07 bits per heavy atom. The van der Waals surface area contributed by atoms with Gasteiger partial charge in [0.1, 0.15) is 12.5 Å². The highest BCUT2D eigenvalue weighted by molar-refractivity contribution is 5.93. The summed E-state index contributed by atoms with van der Waals surface area (Å²) in [6.45, 7) is 1.70. The lowest BCUT2D eigenvalue weighted by Crippen LogP contribution is -2.38. The summed E-state index contributed by atoms with van der Waals surface area (Å²) in [7, 11) is 0. The van der Waals surface area contributed by atoms with Crippen molar-refractivity contribution >= 4 is 11.9 Å². The minimum atomic E-state index is -4.74. The van der Waals surface area contributed by atoms with Crippen LogP contribution in [-0.2, 0) is 11.3 Å². The number of benzene rings is 1. The molecule has 1 aromatic heterocycles. The molecule has 1 aliphatic rings. The number of alkyl halides is 3. The number of rotatable bonds is 5. The maximum absolute atomic E-state index is 12.3. The van der Waals surface area contributed by atoms with Crippen molar-refractivity contribution in [1.29, 1.82) is 0 Å². The van der Waals surface area contributed by atoms with E-state index >= 15 is 0 Å². The van der Waals surface area contributed by atoms with Crippen molar-refractivity contribution < 1.29 is 27.4 Å². The normalized spacial score (nSPS) is 14.7. The average Bonchev–Trinajstić information content (AvgIpc) is 2.66. The summed E-state index contributed by atoms with van der Waals surface area (Å²) in [5.41, 5.74) is 0.901. The first kappa shape index (κ1) is 18.9. The number of nitrogens with one attached hydrogen (secondary N) is 1. The summed E-state index contributed by atoms with van der Waals surface area (Å²) >= 11 is 0. The summed E-state index contributed by atoms with van der Waals surface area (Å²) in [4.78, 5) is 22.0. The van der Waals surface area contributed by atoms with Crippen LogP contribution < -0.4 is 10.1 Å². The van der Waals surface area contributed by atoms with Gasteiger partial charge in [0.25, 0.3) is 5.91 Å². The highest BCUT2D eigenvalue weighted by Gasteiger charge is 2.31. The maximum atomic E-state index is 12.3. The molecule has 1 aromatic carbocycles. The van der Waals surface area contributed by atoms with Gasteiger partial charge in [-0.1, -0.05) is 12.1 Å². The molecular weight excluding hydrogens is 365 g/mol. The summed E-state index contributed by atoms with van der Waals surface area (Å²) in [6.07, 6.45) is -1.16. The van der Waals surface area contributed by atoms with E-state index in [1.807, 2.05) is 0 Å². The number of hydrogen-bond acceptors (Lipinski definition) is 6. The number of carbonyl (C=O) groups is 1. The van der Waals surface area contributed by atoms with Crippen LogP contribution in [0.4, 0.5) is 19.1 Å². The maximum Gasteiger partial charge on any atom is 0.573 e. The molecule has 0 radical (unpaired) electrons. The Morgan fingerprint density at radius 1 is 1.30 bits per heavy atom. The average molecular weight is 382 g/mol. The molecule has 27 heavy (non-hydrogen) atoms. The third-order valence-electron chi connectivity index (χ3n) is 3.73. The second-order valence-electron chi connectivity index (χ2n) is 5.80. The van der Waals surface area contributed by atoms with Gasteiger partial charge >= 0.3 is 6.36 Å². The Kier molecular flexibility index (Phi) is 5.75. The Morgan fingerprint density at radius 3 is 2.74 bits per heavy atom. The van der Waals surface area contributed by atoms with E-state index in [2.05, 4.69) is 20.0 Å². The van der Waals surface area contributed by atoms with Crippen LogP contribution in [0.25, 0.3) is 0 Å². The van der Waals surface area contributed by atoms with E-state index in [-0.39, 0.29) is 30.9 Å². The smallest absolute Gasteiger partial charge is 0.406 e. The van der Waals surface area contributed by atoms with Crippen LogP contribution in [0, 0.1) is 0 Å². The van der Waals surface area contributed by atoms with Gasteiger partial charge in [-0.05, 0) is 24.1 Å². The molecule has 2 aromatic rings. The van der Waals surface area contributed by atoms with Crippen LogP contribution in [0.2, 0.25) is 0 Å². The number of anilines is 1. The van der Waals surface area contributed by atoms with Crippen LogP contribution in [0.3, 0.4) is 0 Å².